The number of aromatic nitrogens is 2. The van der Waals surface area contributed by atoms with Crippen molar-refractivity contribution in [1.29, 1.82) is 5.26 Å². The van der Waals surface area contributed by atoms with Crippen molar-refractivity contribution in [3.05, 3.63) is 54.1 Å². The van der Waals surface area contributed by atoms with Gasteiger partial charge in [0.15, 0.2) is 0 Å². The first kappa shape index (κ1) is 13.8. The van der Waals surface area contributed by atoms with Crippen molar-refractivity contribution < 1.29 is 9.53 Å². The van der Waals surface area contributed by atoms with E-state index in [1.165, 1.54) is 7.11 Å². The van der Waals surface area contributed by atoms with E-state index in [4.69, 9.17) is 10.00 Å². The van der Waals surface area contributed by atoms with Crippen LogP contribution in [0.2, 0.25) is 0 Å². The van der Waals surface area contributed by atoms with E-state index in [9.17, 15) is 4.79 Å². The molecule has 0 N–H and O–H groups in total. The van der Waals surface area contributed by atoms with Crippen molar-refractivity contribution in [2.75, 3.05) is 7.11 Å². The first-order chi connectivity index (χ1) is 10.7. The summed E-state index contributed by atoms with van der Waals surface area (Å²) in [5.41, 5.74) is 3.01. The molecule has 0 atom stereocenters. The number of ether oxygens (including phenoxy) is 1. The lowest BCUT2D eigenvalue weighted by Crippen LogP contribution is -2.12. The number of rotatable bonds is 3. The van der Waals surface area contributed by atoms with Gasteiger partial charge >= 0.3 is 5.97 Å². The molecule has 5 nitrogen and oxygen atoms in total. The van der Waals surface area contributed by atoms with Crippen LogP contribution in [0.3, 0.4) is 0 Å². The number of esters is 1. The second kappa shape index (κ2) is 5.70. The maximum Gasteiger partial charge on any atom is 0.327 e. The topological polar surface area (TPSA) is 67.9 Å². The summed E-state index contributed by atoms with van der Waals surface area (Å²) in [6.45, 7) is 0.00865. The Kier molecular flexibility index (Phi) is 3.58. The van der Waals surface area contributed by atoms with Crippen molar-refractivity contribution in [2.24, 2.45) is 0 Å². The highest BCUT2D eigenvalue weighted by molar-refractivity contribution is 5.94. The van der Waals surface area contributed by atoms with Crippen LogP contribution in [0.1, 0.15) is 5.56 Å². The molecular weight excluding hydrogens is 278 g/mol. The van der Waals surface area contributed by atoms with Crippen LogP contribution >= 0.6 is 0 Å². The summed E-state index contributed by atoms with van der Waals surface area (Å²) >= 11 is 0. The van der Waals surface area contributed by atoms with Crippen LogP contribution in [0, 0.1) is 11.3 Å². The van der Waals surface area contributed by atoms with E-state index < -0.39 is 0 Å². The molecular formula is C17H13N3O2. The number of carbonyl (C=O) groups excluding carboxylic acids is 1. The van der Waals surface area contributed by atoms with Crippen molar-refractivity contribution in [3.63, 3.8) is 0 Å². The Labute approximate surface area is 127 Å². The van der Waals surface area contributed by atoms with Gasteiger partial charge in [-0.25, -0.2) is 0 Å². The quantitative estimate of drug-likeness (QED) is 0.696. The van der Waals surface area contributed by atoms with Crippen LogP contribution in [0.5, 0.6) is 0 Å². The molecule has 0 unspecified atom stereocenters. The van der Waals surface area contributed by atoms with E-state index in [2.05, 4.69) is 11.2 Å². The molecule has 5 heteroatoms. The number of fused-ring (bicyclic) bond motifs is 1. The molecule has 0 radical (unpaired) electrons. The van der Waals surface area contributed by atoms with Gasteiger partial charge in [0.1, 0.15) is 12.2 Å². The predicted octanol–water partition coefficient (Wildman–Crippen LogP) is 2.75. The first-order valence-electron chi connectivity index (χ1n) is 6.76. The lowest BCUT2D eigenvalue weighted by Gasteiger charge is -2.01. The summed E-state index contributed by atoms with van der Waals surface area (Å²) in [5.74, 6) is -0.383. The average molecular weight is 291 g/mol. The molecule has 1 aromatic heterocycles. The summed E-state index contributed by atoms with van der Waals surface area (Å²) in [4.78, 5) is 11.6. The SMILES string of the molecule is COC(=O)Cn1nc(-c2ccccc2)c2ccc(C#N)cc21. The highest BCUT2D eigenvalue weighted by atomic mass is 16.5. The largest absolute Gasteiger partial charge is 0.468 e. The second-order valence-corrected chi connectivity index (χ2v) is 4.79. The average Bonchev–Trinajstić information content (AvgIpc) is 2.93. The zero-order valence-electron chi connectivity index (χ0n) is 12.0. The second-order valence-electron chi connectivity index (χ2n) is 4.79. The van der Waals surface area contributed by atoms with Crippen molar-refractivity contribution >= 4 is 16.9 Å². The highest BCUT2D eigenvalue weighted by Gasteiger charge is 2.15. The smallest absolute Gasteiger partial charge is 0.327 e. The summed E-state index contributed by atoms with van der Waals surface area (Å²) in [5, 5.41) is 14.5. The summed E-state index contributed by atoms with van der Waals surface area (Å²) in [7, 11) is 1.34. The molecule has 2 aromatic carbocycles. The maximum atomic E-state index is 11.6. The van der Waals surface area contributed by atoms with Gasteiger partial charge in [0.2, 0.25) is 0 Å². The Morgan fingerprint density at radius 1 is 1.27 bits per heavy atom. The molecule has 0 saturated carbocycles. The van der Waals surface area contributed by atoms with E-state index in [0.29, 0.717) is 5.56 Å². The van der Waals surface area contributed by atoms with Crippen LogP contribution in [0.4, 0.5) is 0 Å². The number of hydrogen-bond acceptors (Lipinski definition) is 4. The summed E-state index contributed by atoms with van der Waals surface area (Å²) in [6.07, 6.45) is 0. The van der Waals surface area contributed by atoms with Crippen molar-refractivity contribution in [2.45, 2.75) is 6.54 Å². The van der Waals surface area contributed by atoms with E-state index >= 15 is 0 Å². The molecule has 0 amide bonds. The fourth-order valence-corrected chi connectivity index (χ4v) is 2.36. The molecule has 108 valence electrons. The summed E-state index contributed by atoms with van der Waals surface area (Å²) < 4.78 is 6.28. The maximum absolute atomic E-state index is 11.6. The number of nitrogens with zero attached hydrogens (tertiary/aromatic N) is 3. The molecule has 1 heterocycles. The van der Waals surface area contributed by atoms with Crippen LogP contribution in [0.25, 0.3) is 22.2 Å². The molecule has 0 saturated heterocycles. The Balaban J connectivity index is 2.22. The number of nitriles is 1. The molecule has 3 rings (SSSR count). The van der Waals surface area contributed by atoms with E-state index in [1.54, 1.807) is 16.8 Å². The first-order valence-corrected chi connectivity index (χ1v) is 6.76. The molecule has 0 aliphatic heterocycles. The Morgan fingerprint density at radius 2 is 2.05 bits per heavy atom. The molecule has 0 fully saturated rings. The fraction of sp³-hybridized carbons (Fsp3) is 0.118. The third kappa shape index (κ3) is 2.42. The standard InChI is InChI=1S/C17H13N3O2/c1-22-16(21)11-20-15-9-12(10-18)7-8-14(15)17(19-20)13-5-3-2-4-6-13/h2-9H,11H2,1H3. The minimum absolute atomic E-state index is 0.00865. The van der Waals surface area contributed by atoms with E-state index in [0.717, 1.165) is 22.2 Å². The number of hydrogen-bond donors (Lipinski definition) is 0. The van der Waals surface area contributed by atoms with Crippen LogP contribution in [0.15, 0.2) is 48.5 Å². The lowest BCUT2D eigenvalue weighted by atomic mass is 10.1. The molecule has 3 aromatic rings. The van der Waals surface area contributed by atoms with Gasteiger partial charge in [-0.1, -0.05) is 30.3 Å². The van der Waals surface area contributed by atoms with Gasteiger partial charge in [0.05, 0.1) is 24.3 Å². The van der Waals surface area contributed by atoms with Crippen LogP contribution in [-0.4, -0.2) is 22.9 Å². The lowest BCUT2D eigenvalue weighted by molar-refractivity contribution is -0.141. The number of methoxy groups -OCH3 is 1. The van der Waals surface area contributed by atoms with Gasteiger partial charge < -0.3 is 4.74 Å². The zero-order chi connectivity index (χ0) is 15.5. The third-order valence-electron chi connectivity index (χ3n) is 3.43. The molecule has 0 bridgehead atoms. The minimum atomic E-state index is -0.383. The van der Waals surface area contributed by atoms with Crippen LogP contribution < -0.4 is 0 Å². The van der Waals surface area contributed by atoms with Gasteiger partial charge in [0, 0.05) is 10.9 Å². The van der Waals surface area contributed by atoms with Gasteiger partial charge in [-0.05, 0) is 18.2 Å². The van der Waals surface area contributed by atoms with Gasteiger partial charge in [-0.15, -0.1) is 0 Å². The molecule has 0 spiro atoms. The fourth-order valence-electron chi connectivity index (χ4n) is 2.36. The highest BCUT2D eigenvalue weighted by Crippen LogP contribution is 2.28. The molecule has 0 aliphatic carbocycles. The normalized spacial score (nSPS) is 10.4. The monoisotopic (exact) mass is 291 g/mol. The van der Waals surface area contributed by atoms with Gasteiger partial charge in [0.25, 0.3) is 0 Å². The third-order valence-corrected chi connectivity index (χ3v) is 3.43. The minimum Gasteiger partial charge on any atom is -0.468 e. The number of carbonyl (C=O) groups is 1. The number of benzene rings is 2. The van der Waals surface area contributed by atoms with Crippen LogP contribution in [-0.2, 0) is 16.1 Å². The predicted molar refractivity (Wildman–Crippen MR) is 81.9 cm³/mol. The van der Waals surface area contributed by atoms with Crippen molar-refractivity contribution in [3.8, 4) is 17.3 Å². The Hall–Kier alpha value is -3.13. The Morgan fingerprint density at radius 3 is 2.73 bits per heavy atom. The Bertz CT molecular complexity index is 876. The van der Waals surface area contributed by atoms with Gasteiger partial charge in [-0.3, -0.25) is 9.48 Å². The molecule has 22 heavy (non-hydrogen) atoms. The van der Waals surface area contributed by atoms with E-state index in [-0.39, 0.29) is 12.5 Å². The van der Waals surface area contributed by atoms with Gasteiger partial charge in [-0.2, -0.15) is 10.4 Å². The van der Waals surface area contributed by atoms with E-state index in [1.807, 2.05) is 36.4 Å². The zero-order valence-corrected chi connectivity index (χ0v) is 12.0. The summed E-state index contributed by atoms with van der Waals surface area (Å²) in [6, 6.07) is 17.2. The van der Waals surface area contributed by atoms with Crippen molar-refractivity contribution in [1.82, 2.24) is 9.78 Å². The molecule has 0 aliphatic rings.